The van der Waals surface area contributed by atoms with E-state index in [1.165, 1.54) is 6.20 Å². The van der Waals surface area contributed by atoms with Crippen LogP contribution in [0.3, 0.4) is 0 Å². The topological polar surface area (TPSA) is 72.5 Å². The molecule has 0 heterocycles. The summed E-state index contributed by atoms with van der Waals surface area (Å²) < 4.78 is 5.31. The van der Waals surface area contributed by atoms with Crippen LogP contribution in [0.2, 0.25) is 0 Å². The number of Topliss-reactive ketones (excluding diaryl/α,β-unsaturated/α-hetero) is 2. The summed E-state index contributed by atoms with van der Waals surface area (Å²) in [6.07, 6.45) is 2.19. The van der Waals surface area contributed by atoms with Crippen molar-refractivity contribution in [1.82, 2.24) is 0 Å². The number of nitrogens with one attached hydrogen (secondary N) is 1. The highest BCUT2D eigenvalue weighted by Crippen LogP contribution is 2.33. The van der Waals surface area contributed by atoms with Crippen LogP contribution in [0.5, 0.6) is 0 Å². The van der Waals surface area contributed by atoms with Crippen molar-refractivity contribution >= 4 is 23.2 Å². The van der Waals surface area contributed by atoms with E-state index in [1.54, 1.807) is 24.3 Å². The van der Waals surface area contributed by atoms with Crippen LogP contribution in [0, 0.1) is 5.41 Å². The van der Waals surface area contributed by atoms with Gasteiger partial charge in [-0.25, -0.2) is 4.79 Å². The number of ketones is 2. The van der Waals surface area contributed by atoms with Gasteiger partial charge < -0.3 is 10.1 Å². The molecular formula is C20H25NO4. The number of carbonyl (C=O) groups is 3. The molecule has 1 saturated carbocycles. The van der Waals surface area contributed by atoms with Crippen LogP contribution in [0.15, 0.2) is 36.0 Å². The molecule has 0 unspecified atom stereocenters. The maximum absolute atomic E-state index is 12.1. The second kappa shape index (κ2) is 6.82. The third-order valence-electron chi connectivity index (χ3n) is 3.78. The molecular weight excluding hydrogens is 318 g/mol. The first-order valence-electron chi connectivity index (χ1n) is 8.33. The molecule has 0 spiro atoms. The first-order chi connectivity index (χ1) is 11.5. The minimum Gasteiger partial charge on any atom is -0.456 e. The molecule has 0 saturated heterocycles. The van der Waals surface area contributed by atoms with Gasteiger partial charge in [0.15, 0.2) is 11.6 Å². The van der Waals surface area contributed by atoms with Gasteiger partial charge in [-0.3, -0.25) is 9.59 Å². The summed E-state index contributed by atoms with van der Waals surface area (Å²) in [4.78, 5) is 36.2. The predicted octanol–water partition coefficient (Wildman–Crippen LogP) is 3.90. The Morgan fingerprint density at radius 3 is 2.08 bits per heavy atom. The first-order valence-corrected chi connectivity index (χ1v) is 8.33. The Morgan fingerprint density at radius 2 is 1.60 bits per heavy atom. The van der Waals surface area contributed by atoms with Gasteiger partial charge in [0.2, 0.25) is 0 Å². The second-order valence-corrected chi connectivity index (χ2v) is 8.15. The number of ether oxygens (including phenoxy) is 1. The maximum atomic E-state index is 12.1. The van der Waals surface area contributed by atoms with E-state index in [0.717, 1.165) is 0 Å². The van der Waals surface area contributed by atoms with Gasteiger partial charge in [0, 0.05) is 24.7 Å². The summed E-state index contributed by atoms with van der Waals surface area (Å²) in [6, 6.07) is 6.70. The number of anilines is 1. The zero-order valence-corrected chi connectivity index (χ0v) is 15.4. The van der Waals surface area contributed by atoms with Crippen LogP contribution < -0.4 is 5.32 Å². The molecule has 25 heavy (non-hydrogen) atoms. The van der Waals surface area contributed by atoms with Gasteiger partial charge in [0.25, 0.3) is 0 Å². The molecule has 1 aliphatic rings. The third-order valence-corrected chi connectivity index (χ3v) is 3.78. The van der Waals surface area contributed by atoms with Crippen LogP contribution >= 0.6 is 0 Å². The third kappa shape index (κ3) is 5.28. The Labute approximate surface area is 148 Å². The summed E-state index contributed by atoms with van der Waals surface area (Å²) in [7, 11) is 0. The summed E-state index contributed by atoms with van der Waals surface area (Å²) in [5, 5.41) is 2.96. The molecule has 1 N–H and O–H groups in total. The fourth-order valence-electron chi connectivity index (χ4n) is 2.63. The lowest BCUT2D eigenvalue weighted by molar-refractivity contribution is -0.127. The molecule has 0 radical (unpaired) electrons. The summed E-state index contributed by atoms with van der Waals surface area (Å²) in [6.45, 7) is 9.27. The zero-order chi connectivity index (χ0) is 18.8. The van der Waals surface area contributed by atoms with Crippen molar-refractivity contribution < 1.29 is 19.1 Å². The van der Waals surface area contributed by atoms with Crippen LogP contribution in [-0.4, -0.2) is 23.1 Å². The average Bonchev–Trinajstić information content (AvgIpc) is 2.44. The van der Waals surface area contributed by atoms with Gasteiger partial charge in [-0.2, -0.15) is 0 Å². The Kier molecular flexibility index (Phi) is 5.16. The van der Waals surface area contributed by atoms with Gasteiger partial charge >= 0.3 is 5.97 Å². The van der Waals surface area contributed by atoms with E-state index >= 15 is 0 Å². The quantitative estimate of drug-likeness (QED) is 0.512. The molecule has 1 fully saturated rings. The van der Waals surface area contributed by atoms with Crippen molar-refractivity contribution in [3.63, 3.8) is 0 Å². The number of allylic oxidation sites excluding steroid dienone is 1. The highest BCUT2D eigenvalue weighted by atomic mass is 16.6. The van der Waals surface area contributed by atoms with Crippen LogP contribution in [0.25, 0.3) is 0 Å². The molecule has 5 nitrogen and oxygen atoms in total. The lowest BCUT2D eigenvalue weighted by Crippen LogP contribution is -2.31. The summed E-state index contributed by atoms with van der Waals surface area (Å²) in [5.41, 5.74) is 0.509. The molecule has 0 bridgehead atoms. The van der Waals surface area contributed by atoms with Crippen LogP contribution in [0.1, 0.15) is 57.8 Å². The van der Waals surface area contributed by atoms with Gasteiger partial charge in [-0.15, -0.1) is 0 Å². The molecule has 0 aliphatic heterocycles. The standard InChI is InChI=1S/C20H25NO4/c1-19(2,3)25-18(24)13-6-8-14(9-7-13)21-12-15-16(22)10-20(4,5)11-17(15)23/h6-9,12,21H,10-11H2,1-5H3. The highest BCUT2D eigenvalue weighted by molar-refractivity contribution is 6.22. The fraction of sp³-hybridized carbons (Fsp3) is 0.450. The van der Waals surface area contributed by atoms with Crippen LogP contribution in [0.4, 0.5) is 5.69 Å². The molecule has 5 heteroatoms. The number of rotatable bonds is 3. The Balaban J connectivity index is 2.06. The minimum absolute atomic E-state index is 0.140. The second-order valence-electron chi connectivity index (χ2n) is 8.15. The smallest absolute Gasteiger partial charge is 0.338 e. The molecule has 1 aliphatic carbocycles. The number of hydrogen-bond donors (Lipinski definition) is 1. The zero-order valence-electron chi connectivity index (χ0n) is 15.4. The minimum atomic E-state index is -0.548. The number of esters is 1. The Hall–Kier alpha value is -2.43. The SMILES string of the molecule is CC1(C)CC(=O)C(=CNc2ccc(C(=O)OC(C)(C)C)cc2)C(=O)C1. The predicted molar refractivity (Wildman–Crippen MR) is 96.3 cm³/mol. The first kappa shape index (κ1) is 18.9. The van der Waals surface area contributed by atoms with E-state index in [-0.39, 0.29) is 22.6 Å². The summed E-state index contributed by atoms with van der Waals surface area (Å²) >= 11 is 0. The molecule has 2 rings (SSSR count). The van der Waals surface area contributed by atoms with E-state index in [0.29, 0.717) is 24.1 Å². The van der Waals surface area contributed by atoms with E-state index in [4.69, 9.17) is 4.74 Å². The molecule has 0 amide bonds. The molecule has 0 atom stereocenters. The molecule has 1 aromatic carbocycles. The molecule has 1 aromatic rings. The van der Waals surface area contributed by atoms with Crippen molar-refractivity contribution in [3.8, 4) is 0 Å². The largest absolute Gasteiger partial charge is 0.456 e. The summed E-state index contributed by atoms with van der Waals surface area (Å²) in [5.74, 6) is -0.671. The van der Waals surface area contributed by atoms with Crippen molar-refractivity contribution in [2.45, 2.75) is 53.1 Å². The van der Waals surface area contributed by atoms with Crippen molar-refractivity contribution in [3.05, 3.63) is 41.6 Å². The van der Waals surface area contributed by atoms with Gasteiger partial charge in [0.05, 0.1) is 11.1 Å². The van der Waals surface area contributed by atoms with Gasteiger partial charge in [0.1, 0.15) is 5.60 Å². The fourth-order valence-corrected chi connectivity index (χ4v) is 2.63. The van der Waals surface area contributed by atoms with E-state index in [9.17, 15) is 14.4 Å². The van der Waals surface area contributed by atoms with Crippen LogP contribution in [-0.2, 0) is 14.3 Å². The van der Waals surface area contributed by atoms with E-state index in [2.05, 4.69) is 5.32 Å². The Morgan fingerprint density at radius 1 is 1.08 bits per heavy atom. The van der Waals surface area contributed by atoms with E-state index < -0.39 is 11.6 Å². The highest BCUT2D eigenvalue weighted by Gasteiger charge is 2.35. The average molecular weight is 343 g/mol. The van der Waals surface area contributed by atoms with Gasteiger partial charge in [-0.05, 0) is 50.5 Å². The van der Waals surface area contributed by atoms with E-state index in [1.807, 2.05) is 34.6 Å². The lowest BCUT2D eigenvalue weighted by atomic mass is 9.74. The lowest BCUT2D eigenvalue weighted by Gasteiger charge is -2.28. The normalized spacial score (nSPS) is 17.2. The molecule has 134 valence electrons. The monoisotopic (exact) mass is 343 g/mol. The van der Waals surface area contributed by atoms with Crippen molar-refractivity contribution in [2.24, 2.45) is 5.41 Å². The van der Waals surface area contributed by atoms with Gasteiger partial charge in [-0.1, -0.05) is 13.8 Å². The maximum Gasteiger partial charge on any atom is 0.338 e. The number of benzene rings is 1. The Bertz CT molecular complexity index is 699. The molecule has 0 aromatic heterocycles. The van der Waals surface area contributed by atoms with Crippen molar-refractivity contribution in [2.75, 3.05) is 5.32 Å². The van der Waals surface area contributed by atoms with Crippen molar-refractivity contribution in [1.29, 1.82) is 0 Å². The number of hydrogen-bond acceptors (Lipinski definition) is 5. The number of carbonyl (C=O) groups excluding carboxylic acids is 3.